The minimum absolute atomic E-state index is 0.0562. The first-order chi connectivity index (χ1) is 11.1. The number of hydrogen-bond donors (Lipinski definition) is 2. The van der Waals surface area contributed by atoms with Gasteiger partial charge in [0.15, 0.2) is 6.61 Å². The molecule has 24 heavy (non-hydrogen) atoms. The number of benzene rings is 1. The molecule has 132 valence electrons. The summed E-state index contributed by atoms with van der Waals surface area (Å²) >= 11 is 5.73. The van der Waals surface area contributed by atoms with Gasteiger partial charge in [-0.05, 0) is 18.2 Å². The van der Waals surface area contributed by atoms with Crippen molar-refractivity contribution in [3.8, 4) is 5.75 Å². The summed E-state index contributed by atoms with van der Waals surface area (Å²) < 4.78 is 45.2. The van der Waals surface area contributed by atoms with Crippen LogP contribution in [0.3, 0.4) is 0 Å². The Morgan fingerprint density at radius 2 is 1.92 bits per heavy atom. The van der Waals surface area contributed by atoms with E-state index in [4.69, 9.17) is 16.3 Å². The molecule has 0 unspecified atom stereocenters. The highest BCUT2D eigenvalue weighted by Gasteiger charge is 2.28. The second-order valence-electron chi connectivity index (χ2n) is 4.27. The average Bonchev–Trinajstić information content (AvgIpc) is 2.50. The molecule has 0 aliphatic heterocycles. The van der Waals surface area contributed by atoms with Crippen molar-refractivity contribution in [1.82, 2.24) is 10.6 Å². The van der Waals surface area contributed by atoms with E-state index in [1.165, 1.54) is 30.6 Å². The standard InChI is InChI=1S/C13H12ClF3N2O5/c1-23-9-3-2-7(14)4-8(9)11(21)24-5-10(20)19-12(22)18-6-13(15,16)17/h2-4H,5-6H2,1H3,(H2,18,19,20,22). The molecule has 0 atom stereocenters. The number of methoxy groups -OCH3 is 1. The van der Waals surface area contributed by atoms with Crippen molar-refractivity contribution in [2.45, 2.75) is 6.18 Å². The lowest BCUT2D eigenvalue weighted by molar-refractivity contribution is -0.125. The Morgan fingerprint density at radius 3 is 2.50 bits per heavy atom. The van der Waals surface area contributed by atoms with Crippen LogP contribution < -0.4 is 15.4 Å². The van der Waals surface area contributed by atoms with E-state index in [0.717, 1.165) is 0 Å². The molecule has 0 bridgehead atoms. The van der Waals surface area contributed by atoms with Crippen molar-refractivity contribution < 1.29 is 37.0 Å². The Bertz CT molecular complexity index is 637. The predicted molar refractivity (Wildman–Crippen MR) is 75.9 cm³/mol. The van der Waals surface area contributed by atoms with Gasteiger partial charge in [-0.2, -0.15) is 13.2 Å². The largest absolute Gasteiger partial charge is 0.496 e. The van der Waals surface area contributed by atoms with Gasteiger partial charge in [0.05, 0.1) is 7.11 Å². The quantitative estimate of drug-likeness (QED) is 0.774. The Kier molecular flexibility index (Phi) is 6.83. The van der Waals surface area contributed by atoms with Gasteiger partial charge in [-0.1, -0.05) is 11.6 Å². The first kappa shape index (κ1) is 19.6. The summed E-state index contributed by atoms with van der Waals surface area (Å²) in [4.78, 5) is 34.2. The Balaban J connectivity index is 2.51. The van der Waals surface area contributed by atoms with E-state index < -0.39 is 37.2 Å². The number of carbonyl (C=O) groups excluding carboxylic acids is 3. The zero-order chi connectivity index (χ0) is 18.3. The van der Waals surface area contributed by atoms with Gasteiger partial charge in [-0.15, -0.1) is 0 Å². The molecule has 0 aliphatic rings. The summed E-state index contributed by atoms with van der Waals surface area (Å²) in [5.74, 6) is -1.92. The second-order valence-corrected chi connectivity index (χ2v) is 4.70. The monoisotopic (exact) mass is 368 g/mol. The van der Waals surface area contributed by atoms with E-state index in [-0.39, 0.29) is 16.3 Å². The Hall–Kier alpha value is -2.49. The van der Waals surface area contributed by atoms with Gasteiger partial charge in [-0.25, -0.2) is 9.59 Å². The van der Waals surface area contributed by atoms with Crippen LogP contribution in [0.4, 0.5) is 18.0 Å². The van der Waals surface area contributed by atoms with Crippen LogP contribution in [0, 0.1) is 0 Å². The van der Waals surface area contributed by atoms with Crippen LogP contribution in [-0.4, -0.2) is 44.3 Å². The molecule has 7 nitrogen and oxygen atoms in total. The fourth-order valence-electron chi connectivity index (χ4n) is 1.44. The number of nitrogens with one attached hydrogen (secondary N) is 2. The van der Waals surface area contributed by atoms with Gasteiger partial charge in [0.1, 0.15) is 17.9 Å². The maximum atomic E-state index is 11.9. The molecule has 1 aromatic carbocycles. The summed E-state index contributed by atoms with van der Waals surface area (Å²) in [5.41, 5.74) is -0.0562. The summed E-state index contributed by atoms with van der Waals surface area (Å²) in [6, 6.07) is 2.75. The Labute approximate surface area is 139 Å². The number of halogens is 4. The molecule has 11 heteroatoms. The lowest BCUT2D eigenvalue weighted by Gasteiger charge is -2.10. The van der Waals surface area contributed by atoms with E-state index in [1.54, 1.807) is 5.32 Å². The van der Waals surface area contributed by atoms with Crippen LogP contribution in [0.5, 0.6) is 5.75 Å². The fourth-order valence-corrected chi connectivity index (χ4v) is 1.61. The molecule has 1 aromatic rings. The molecule has 0 saturated heterocycles. The van der Waals surface area contributed by atoms with Crippen molar-refractivity contribution in [3.05, 3.63) is 28.8 Å². The van der Waals surface area contributed by atoms with Gasteiger partial charge < -0.3 is 14.8 Å². The molecule has 0 saturated carbocycles. The summed E-state index contributed by atoms with van der Waals surface area (Å²) in [7, 11) is 1.30. The van der Waals surface area contributed by atoms with Crippen LogP contribution in [0.15, 0.2) is 18.2 Å². The molecular weight excluding hydrogens is 357 g/mol. The van der Waals surface area contributed by atoms with E-state index in [0.29, 0.717) is 0 Å². The number of rotatable bonds is 5. The summed E-state index contributed by atoms with van der Waals surface area (Å²) in [5, 5.41) is 3.22. The van der Waals surface area contributed by atoms with E-state index in [1.807, 2.05) is 0 Å². The maximum absolute atomic E-state index is 11.9. The van der Waals surface area contributed by atoms with Crippen LogP contribution in [0.25, 0.3) is 0 Å². The lowest BCUT2D eigenvalue weighted by Crippen LogP contribution is -2.44. The van der Waals surface area contributed by atoms with Crippen molar-refractivity contribution in [2.24, 2.45) is 0 Å². The van der Waals surface area contributed by atoms with Crippen LogP contribution >= 0.6 is 11.6 Å². The van der Waals surface area contributed by atoms with E-state index in [2.05, 4.69) is 4.74 Å². The van der Waals surface area contributed by atoms with Gasteiger partial charge in [-0.3, -0.25) is 10.1 Å². The third kappa shape index (κ3) is 6.73. The molecule has 0 heterocycles. The van der Waals surface area contributed by atoms with E-state index >= 15 is 0 Å². The zero-order valence-electron chi connectivity index (χ0n) is 12.2. The molecular formula is C13H12ClF3N2O5. The minimum atomic E-state index is -4.62. The predicted octanol–water partition coefficient (Wildman–Crippen LogP) is 1.89. The number of carbonyl (C=O) groups is 3. The highest BCUT2D eigenvalue weighted by Crippen LogP contribution is 2.23. The zero-order valence-corrected chi connectivity index (χ0v) is 13.0. The number of imide groups is 1. The Morgan fingerprint density at radius 1 is 1.25 bits per heavy atom. The van der Waals surface area contributed by atoms with Gasteiger partial charge in [0.25, 0.3) is 5.91 Å². The van der Waals surface area contributed by atoms with Crippen molar-refractivity contribution in [3.63, 3.8) is 0 Å². The first-order valence-electron chi connectivity index (χ1n) is 6.27. The molecule has 0 fully saturated rings. The van der Waals surface area contributed by atoms with E-state index in [9.17, 15) is 27.6 Å². The maximum Gasteiger partial charge on any atom is 0.405 e. The van der Waals surface area contributed by atoms with Crippen LogP contribution in [0.2, 0.25) is 5.02 Å². The number of esters is 1. The van der Waals surface area contributed by atoms with Gasteiger partial charge in [0.2, 0.25) is 0 Å². The molecule has 0 aliphatic carbocycles. The summed E-state index contributed by atoms with van der Waals surface area (Å²) in [6.45, 7) is -2.49. The number of hydrogen-bond acceptors (Lipinski definition) is 5. The second kappa shape index (κ2) is 8.39. The topological polar surface area (TPSA) is 93.7 Å². The number of alkyl halides is 3. The lowest BCUT2D eigenvalue weighted by atomic mass is 10.2. The molecule has 3 amide bonds. The van der Waals surface area contributed by atoms with Crippen molar-refractivity contribution in [1.29, 1.82) is 0 Å². The third-order valence-corrected chi connectivity index (χ3v) is 2.65. The fraction of sp³-hybridized carbons (Fsp3) is 0.308. The normalized spacial score (nSPS) is 10.7. The third-order valence-electron chi connectivity index (χ3n) is 2.42. The van der Waals surface area contributed by atoms with Crippen molar-refractivity contribution in [2.75, 3.05) is 20.3 Å². The van der Waals surface area contributed by atoms with Crippen LogP contribution in [-0.2, 0) is 9.53 Å². The number of amides is 3. The average molecular weight is 369 g/mol. The molecule has 2 N–H and O–H groups in total. The minimum Gasteiger partial charge on any atom is -0.496 e. The smallest absolute Gasteiger partial charge is 0.405 e. The molecule has 0 spiro atoms. The van der Waals surface area contributed by atoms with Crippen LogP contribution in [0.1, 0.15) is 10.4 Å². The number of urea groups is 1. The highest BCUT2D eigenvalue weighted by molar-refractivity contribution is 6.31. The number of ether oxygens (including phenoxy) is 2. The van der Waals surface area contributed by atoms with Gasteiger partial charge in [0, 0.05) is 5.02 Å². The van der Waals surface area contributed by atoms with Crippen molar-refractivity contribution >= 4 is 29.5 Å². The first-order valence-corrected chi connectivity index (χ1v) is 6.65. The summed E-state index contributed by atoms with van der Waals surface area (Å²) in [6.07, 6.45) is -4.62. The molecule has 0 radical (unpaired) electrons. The molecule has 0 aromatic heterocycles. The van der Waals surface area contributed by atoms with Gasteiger partial charge >= 0.3 is 18.2 Å². The SMILES string of the molecule is COc1ccc(Cl)cc1C(=O)OCC(=O)NC(=O)NCC(F)(F)F. The molecule has 1 rings (SSSR count). The highest BCUT2D eigenvalue weighted by atomic mass is 35.5.